The van der Waals surface area contributed by atoms with E-state index in [9.17, 15) is 0 Å². The van der Waals surface area contributed by atoms with Crippen LogP contribution in [0.1, 0.15) is 5.56 Å². The van der Waals surface area contributed by atoms with Gasteiger partial charge in [-0.1, -0.05) is 12.6 Å². The smallest absolute Gasteiger partial charge is 0.106 e. The van der Waals surface area contributed by atoms with Gasteiger partial charge in [0.1, 0.15) is 4.60 Å². The highest BCUT2D eigenvalue weighted by atomic mass is 79.9. The minimum atomic E-state index is 0.747. The van der Waals surface area contributed by atoms with E-state index in [0.717, 1.165) is 22.5 Å². The molecule has 0 spiro atoms. The summed E-state index contributed by atoms with van der Waals surface area (Å²) in [6.07, 6.45) is 1.83. The van der Waals surface area contributed by atoms with Crippen LogP contribution in [0.5, 0.6) is 0 Å². The van der Waals surface area contributed by atoms with Gasteiger partial charge in [0.2, 0.25) is 0 Å². The van der Waals surface area contributed by atoms with Crippen LogP contribution in [-0.4, -0.2) is 24.0 Å². The molecule has 0 amide bonds. The van der Waals surface area contributed by atoms with Crippen LogP contribution < -0.4 is 5.32 Å². The fraction of sp³-hybridized carbons (Fsp3) is 0.300. The summed E-state index contributed by atoms with van der Waals surface area (Å²) in [6.45, 7) is 4.62. The molecule has 1 N–H and O–H groups in total. The molecule has 0 aliphatic rings. The SMILES string of the molecule is C=C(NCc1ccc(Br)nc1)N(C)C. The molecule has 0 aliphatic heterocycles. The van der Waals surface area contributed by atoms with Crippen LogP contribution in [0.3, 0.4) is 0 Å². The van der Waals surface area contributed by atoms with Crippen molar-refractivity contribution < 1.29 is 0 Å². The molecule has 0 unspecified atom stereocenters. The minimum absolute atomic E-state index is 0.747. The van der Waals surface area contributed by atoms with E-state index >= 15 is 0 Å². The minimum Gasteiger partial charge on any atom is -0.368 e. The summed E-state index contributed by atoms with van der Waals surface area (Å²) < 4.78 is 0.854. The first kappa shape index (κ1) is 11.0. The Kier molecular flexibility index (Phi) is 3.95. The normalized spacial score (nSPS) is 9.64. The van der Waals surface area contributed by atoms with Crippen molar-refractivity contribution in [3.05, 3.63) is 40.9 Å². The first-order valence-electron chi connectivity index (χ1n) is 4.30. The highest BCUT2D eigenvalue weighted by Gasteiger charge is 1.96. The third kappa shape index (κ3) is 3.38. The van der Waals surface area contributed by atoms with Gasteiger partial charge in [-0.05, 0) is 27.6 Å². The average molecular weight is 256 g/mol. The van der Waals surface area contributed by atoms with Crippen molar-refractivity contribution in [2.45, 2.75) is 6.54 Å². The zero-order valence-corrected chi connectivity index (χ0v) is 10.0. The second-order valence-corrected chi connectivity index (χ2v) is 4.00. The molecule has 0 aliphatic carbocycles. The molecular weight excluding hydrogens is 242 g/mol. The molecule has 0 atom stereocenters. The fourth-order valence-corrected chi connectivity index (χ4v) is 1.11. The standard InChI is InChI=1S/C10H14BrN3/c1-8(14(2)3)12-6-9-4-5-10(11)13-7-9/h4-5,7,12H,1,6H2,2-3H3. The lowest BCUT2D eigenvalue weighted by atomic mass is 10.3. The van der Waals surface area contributed by atoms with Gasteiger partial charge in [0, 0.05) is 26.8 Å². The summed E-state index contributed by atoms with van der Waals surface area (Å²) in [5.74, 6) is 0.896. The maximum atomic E-state index is 4.14. The van der Waals surface area contributed by atoms with Crippen molar-refractivity contribution in [3.63, 3.8) is 0 Å². The predicted octanol–water partition coefficient (Wildman–Crippen LogP) is 1.97. The molecule has 0 saturated carbocycles. The van der Waals surface area contributed by atoms with E-state index in [2.05, 4.69) is 32.8 Å². The monoisotopic (exact) mass is 255 g/mol. The van der Waals surface area contributed by atoms with Crippen LogP contribution in [0.25, 0.3) is 0 Å². The molecule has 0 fully saturated rings. The lowest BCUT2D eigenvalue weighted by Crippen LogP contribution is -2.24. The van der Waals surface area contributed by atoms with Gasteiger partial charge < -0.3 is 10.2 Å². The molecule has 1 heterocycles. The van der Waals surface area contributed by atoms with Crippen molar-refractivity contribution in [2.24, 2.45) is 0 Å². The summed E-state index contributed by atoms with van der Waals surface area (Å²) in [4.78, 5) is 6.07. The predicted molar refractivity (Wildman–Crippen MR) is 61.6 cm³/mol. The fourth-order valence-electron chi connectivity index (χ4n) is 0.873. The highest BCUT2D eigenvalue weighted by Crippen LogP contribution is 2.06. The average Bonchev–Trinajstić information content (AvgIpc) is 2.16. The first-order valence-corrected chi connectivity index (χ1v) is 5.09. The Balaban J connectivity index is 2.46. The van der Waals surface area contributed by atoms with Gasteiger partial charge >= 0.3 is 0 Å². The zero-order valence-electron chi connectivity index (χ0n) is 8.42. The molecule has 3 nitrogen and oxygen atoms in total. The lowest BCUT2D eigenvalue weighted by molar-refractivity contribution is 0.462. The van der Waals surface area contributed by atoms with E-state index in [-0.39, 0.29) is 0 Å². The highest BCUT2D eigenvalue weighted by molar-refractivity contribution is 9.10. The van der Waals surface area contributed by atoms with Gasteiger partial charge in [-0.25, -0.2) is 4.98 Å². The summed E-state index contributed by atoms with van der Waals surface area (Å²) in [7, 11) is 3.91. The first-order chi connectivity index (χ1) is 6.59. The summed E-state index contributed by atoms with van der Waals surface area (Å²) in [5, 5.41) is 3.19. The van der Waals surface area contributed by atoms with E-state index < -0.39 is 0 Å². The molecule has 14 heavy (non-hydrogen) atoms. The third-order valence-corrected chi connectivity index (χ3v) is 2.29. The maximum absolute atomic E-state index is 4.14. The Morgan fingerprint density at radius 2 is 2.29 bits per heavy atom. The molecule has 0 saturated heterocycles. The van der Waals surface area contributed by atoms with E-state index in [1.54, 1.807) is 0 Å². The molecule has 0 aromatic carbocycles. The Morgan fingerprint density at radius 3 is 2.79 bits per heavy atom. The molecule has 0 bridgehead atoms. The van der Waals surface area contributed by atoms with Crippen molar-refractivity contribution >= 4 is 15.9 Å². The molecule has 1 aromatic rings. The number of aromatic nitrogens is 1. The van der Waals surface area contributed by atoms with Crippen molar-refractivity contribution in [2.75, 3.05) is 14.1 Å². The Bertz CT molecular complexity index is 306. The van der Waals surface area contributed by atoms with Crippen LogP contribution in [0.2, 0.25) is 0 Å². The quantitative estimate of drug-likeness (QED) is 0.835. The molecular formula is C10H14BrN3. The summed E-state index contributed by atoms with van der Waals surface area (Å²) in [5.41, 5.74) is 1.14. The number of hydrogen-bond donors (Lipinski definition) is 1. The van der Waals surface area contributed by atoms with Crippen molar-refractivity contribution in [3.8, 4) is 0 Å². The molecule has 76 valence electrons. The Hall–Kier alpha value is -1.03. The van der Waals surface area contributed by atoms with Crippen molar-refractivity contribution in [1.29, 1.82) is 0 Å². The van der Waals surface area contributed by atoms with E-state index in [1.165, 1.54) is 0 Å². The molecule has 4 heteroatoms. The number of halogens is 1. The summed E-state index contributed by atoms with van der Waals surface area (Å²) in [6, 6.07) is 3.95. The van der Waals surface area contributed by atoms with Gasteiger partial charge in [-0.3, -0.25) is 0 Å². The van der Waals surface area contributed by atoms with Gasteiger partial charge in [0.25, 0.3) is 0 Å². The van der Waals surface area contributed by atoms with E-state index in [4.69, 9.17) is 0 Å². The number of rotatable bonds is 4. The Morgan fingerprint density at radius 1 is 1.57 bits per heavy atom. The lowest BCUT2D eigenvalue weighted by Gasteiger charge is -2.17. The maximum Gasteiger partial charge on any atom is 0.106 e. The third-order valence-electron chi connectivity index (χ3n) is 1.83. The molecule has 0 radical (unpaired) electrons. The van der Waals surface area contributed by atoms with E-state index in [1.807, 2.05) is 37.3 Å². The second kappa shape index (κ2) is 5.00. The number of nitrogens with one attached hydrogen (secondary N) is 1. The van der Waals surface area contributed by atoms with Gasteiger partial charge in [-0.2, -0.15) is 0 Å². The van der Waals surface area contributed by atoms with Crippen LogP contribution in [0, 0.1) is 0 Å². The second-order valence-electron chi connectivity index (χ2n) is 3.18. The largest absolute Gasteiger partial charge is 0.368 e. The van der Waals surface area contributed by atoms with Crippen LogP contribution >= 0.6 is 15.9 Å². The van der Waals surface area contributed by atoms with Crippen LogP contribution in [0.4, 0.5) is 0 Å². The van der Waals surface area contributed by atoms with Gasteiger partial charge in [-0.15, -0.1) is 0 Å². The van der Waals surface area contributed by atoms with Crippen LogP contribution in [-0.2, 0) is 6.54 Å². The molecule has 1 rings (SSSR count). The Labute approximate surface area is 93.0 Å². The number of hydrogen-bond acceptors (Lipinski definition) is 3. The number of pyridine rings is 1. The van der Waals surface area contributed by atoms with E-state index in [0.29, 0.717) is 0 Å². The molecule has 1 aromatic heterocycles. The number of nitrogens with zero attached hydrogens (tertiary/aromatic N) is 2. The summed E-state index contributed by atoms with van der Waals surface area (Å²) >= 11 is 3.29. The van der Waals surface area contributed by atoms with Gasteiger partial charge in [0.05, 0.1) is 5.82 Å². The van der Waals surface area contributed by atoms with Crippen molar-refractivity contribution in [1.82, 2.24) is 15.2 Å². The zero-order chi connectivity index (χ0) is 10.6. The van der Waals surface area contributed by atoms with Gasteiger partial charge in [0.15, 0.2) is 0 Å². The topological polar surface area (TPSA) is 28.2 Å². The van der Waals surface area contributed by atoms with Crippen LogP contribution in [0.15, 0.2) is 35.3 Å².